The Bertz CT molecular complexity index is 827. The van der Waals surface area contributed by atoms with E-state index in [0.29, 0.717) is 11.1 Å². The third kappa shape index (κ3) is 6.01. The molecule has 0 radical (unpaired) electrons. The maximum Gasteiger partial charge on any atom is 0.407 e. The van der Waals surface area contributed by atoms with Crippen LogP contribution in [0, 0.1) is 0 Å². The predicted molar refractivity (Wildman–Crippen MR) is 108 cm³/mol. The molecular weight excluding hydrogens is 356 g/mol. The SMILES string of the molecule is COc1ccccc1[C@@H](C)NC(=O)c1ccccc1CNC(=O)OC(C)(C)C. The Kier molecular flexibility index (Phi) is 7.04. The van der Waals surface area contributed by atoms with Gasteiger partial charge in [-0.2, -0.15) is 0 Å². The van der Waals surface area contributed by atoms with Crippen LogP contribution in [0.5, 0.6) is 5.75 Å². The minimum Gasteiger partial charge on any atom is -0.496 e. The monoisotopic (exact) mass is 384 g/mol. The van der Waals surface area contributed by atoms with Crippen molar-refractivity contribution in [3.63, 3.8) is 0 Å². The second-order valence-electron chi connectivity index (χ2n) is 7.45. The number of amides is 2. The van der Waals surface area contributed by atoms with Crippen molar-refractivity contribution in [2.75, 3.05) is 7.11 Å². The Hall–Kier alpha value is -3.02. The Morgan fingerprint density at radius 3 is 2.36 bits per heavy atom. The van der Waals surface area contributed by atoms with Gasteiger partial charge in [0.1, 0.15) is 11.4 Å². The van der Waals surface area contributed by atoms with Gasteiger partial charge >= 0.3 is 6.09 Å². The largest absolute Gasteiger partial charge is 0.496 e. The maximum absolute atomic E-state index is 12.8. The molecule has 150 valence electrons. The van der Waals surface area contributed by atoms with Crippen LogP contribution in [-0.2, 0) is 11.3 Å². The summed E-state index contributed by atoms with van der Waals surface area (Å²) in [6.07, 6.45) is -0.523. The molecule has 0 aliphatic heterocycles. The molecular formula is C22H28N2O4. The van der Waals surface area contributed by atoms with Gasteiger partial charge in [0.15, 0.2) is 0 Å². The zero-order chi connectivity index (χ0) is 20.7. The molecule has 2 rings (SSSR count). The highest BCUT2D eigenvalue weighted by Crippen LogP contribution is 2.24. The van der Waals surface area contributed by atoms with Gasteiger partial charge in [-0.25, -0.2) is 4.79 Å². The van der Waals surface area contributed by atoms with E-state index in [2.05, 4.69) is 10.6 Å². The van der Waals surface area contributed by atoms with E-state index in [9.17, 15) is 9.59 Å². The second kappa shape index (κ2) is 9.26. The number of benzene rings is 2. The summed E-state index contributed by atoms with van der Waals surface area (Å²) in [4.78, 5) is 24.7. The van der Waals surface area contributed by atoms with Crippen LogP contribution in [0.1, 0.15) is 55.2 Å². The molecule has 0 fully saturated rings. The van der Waals surface area contributed by atoms with Crippen LogP contribution in [0.3, 0.4) is 0 Å². The lowest BCUT2D eigenvalue weighted by Gasteiger charge is -2.20. The van der Waals surface area contributed by atoms with Crippen LogP contribution in [0.2, 0.25) is 0 Å². The first-order valence-corrected chi connectivity index (χ1v) is 9.20. The number of alkyl carbamates (subject to hydrolysis) is 1. The number of hydrogen-bond acceptors (Lipinski definition) is 4. The van der Waals surface area contributed by atoms with Crippen LogP contribution < -0.4 is 15.4 Å². The van der Waals surface area contributed by atoms with Crippen molar-refractivity contribution in [1.29, 1.82) is 0 Å². The van der Waals surface area contributed by atoms with Crippen LogP contribution >= 0.6 is 0 Å². The number of methoxy groups -OCH3 is 1. The molecule has 0 aliphatic carbocycles. The average molecular weight is 384 g/mol. The van der Waals surface area contributed by atoms with Gasteiger partial charge in [0.05, 0.1) is 13.2 Å². The van der Waals surface area contributed by atoms with Crippen molar-refractivity contribution in [2.24, 2.45) is 0 Å². The highest BCUT2D eigenvalue weighted by Gasteiger charge is 2.19. The third-order valence-electron chi connectivity index (χ3n) is 4.04. The molecule has 6 heteroatoms. The van der Waals surface area contributed by atoms with Gasteiger partial charge < -0.3 is 20.1 Å². The summed E-state index contributed by atoms with van der Waals surface area (Å²) in [7, 11) is 1.60. The maximum atomic E-state index is 12.8. The average Bonchev–Trinajstić information content (AvgIpc) is 2.65. The summed E-state index contributed by atoms with van der Waals surface area (Å²) in [6.45, 7) is 7.49. The van der Waals surface area contributed by atoms with Gasteiger partial charge in [0.2, 0.25) is 0 Å². The highest BCUT2D eigenvalue weighted by molar-refractivity contribution is 5.96. The van der Waals surface area contributed by atoms with Crippen molar-refractivity contribution < 1.29 is 19.1 Å². The molecule has 1 atom stereocenters. The standard InChI is InChI=1S/C22H28N2O4/c1-15(17-11-8-9-13-19(17)27-5)24-20(25)18-12-7-6-10-16(18)14-23-21(26)28-22(2,3)4/h6-13,15H,14H2,1-5H3,(H,23,26)(H,24,25)/t15-/m1/s1. The predicted octanol–water partition coefficient (Wildman–Crippen LogP) is 4.21. The van der Waals surface area contributed by atoms with Crippen LogP contribution in [0.25, 0.3) is 0 Å². The van der Waals surface area contributed by atoms with Crippen LogP contribution in [0.15, 0.2) is 48.5 Å². The van der Waals surface area contributed by atoms with Crippen molar-refractivity contribution in [3.05, 3.63) is 65.2 Å². The van der Waals surface area contributed by atoms with E-state index >= 15 is 0 Å². The quantitative estimate of drug-likeness (QED) is 0.782. The van der Waals surface area contributed by atoms with E-state index < -0.39 is 11.7 Å². The van der Waals surface area contributed by atoms with Crippen molar-refractivity contribution in [2.45, 2.75) is 45.9 Å². The van der Waals surface area contributed by atoms with Gasteiger partial charge in [0.25, 0.3) is 5.91 Å². The van der Waals surface area contributed by atoms with Crippen LogP contribution in [-0.4, -0.2) is 24.7 Å². The molecule has 2 N–H and O–H groups in total. The smallest absolute Gasteiger partial charge is 0.407 e. The first-order valence-electron chi connectivity index (χ1n) is 9.20. The molecule has 28 heavy (non-hydrogen) atoms. The zero-order valence-electron chi connectivity index (χ0n) is 17.0. The molecule has 0 saturated carbocycles. The van der Waals surface area contributed by atoms with E-state index in [4.69, 9.17) is 9.47 Å². The highest BCUT2D eigenvalue weighted by atomic mass is 16.6. The van der Waals surface area contributed by atoms with E-state index in [-0.39, 0.29) is 18.5 Å². The van der Waals surface area contributed by atoms with Gasteiger partial charge in [-0.3, -0.25) is 4.79 Å². The van der Waals surface area contributed by atoms with Gasteiger partial charge in [-0.15, -0.1) is 0 Å². The molecule has 0 aliphatic rings. The van der Waals surface area contributed by atoms with Crippen molar-refractivity contribution >= 4 is 12.0 Å². The molecule has 2 aromatic rings. The summed E-state index contributed by atoms with van der Waals surface area (Å²) < 4.78 is 10.6. The fraction of sp³-hybridized carbons (Fsp3) is 0.364. The molecule has 2 amide bonds. The molecule has 0 unspecified atom stereocenters. The van der Waals surface area contributed by atoms with Crippen molar-refractivity contribution in [3.8, 4) is 5.75 Å². The van der Waals surface area contributed by atoms with Gasteiger partial charge in [0, 0.05) is 17.7 Å². The second-order valence-corrected chi connectivity index (χ2v) is 7.45. The lowest BCUT2D eigenvalue weighted by molar-refractivity contribution is 0.0522. The lowest BCUT2D eigenvalue weighted by atomic mass is 10.0. The number of carbonyl (C=O) groups is 2. The lowest BCUT2D eigenvalue weighted by Crippen LogP contribution is -2.33. The Labute approximate surface area is 166 Å². The number of hydrogen-bond donors (Lipinski definition) is 2. The number of rotatable bonds is 6. The first kappa shape index (κ1) is 21.3. The zero-order valence-corrected chi connectivity index (χ0v) is 17.0. The molecule has 2 aromatic carbocycles. The number of carbonyl (C=O) groups excluding carboxylic acids is 2. The molecule has 0 bridgehead atoms. The normalized spacial score (nSPS) is 12.0. The summed E-state index contributed by atoms with van der Waals surface area (Å²) in [6, 6.07) is 14.5. The summed E-state index contributed by atoms with van der Waals surface area (Å²) in [5.74, 6) is 0.496. The third-order valence-corrected chi connectivity index (χ3v) is 4.04. The first-order chi connectivity index (χ1) is 13.2. The van der Waals surface area contributed by atoms with E-state index in [0.717, 1.165) is 11.3 Å². The van der Waals surface area contributed by atoms with Crippen LogP contribution in [0.4, 0.5) is 4.79 Å². The number of ether oxygens (including phenoxy) is 2. The minimum atomic E-state index is -0.578. The molecule has 0 aromatic heterocycles. The molecule has 0 heterocycles. The fourth-order valence-electron chi connectivity index (χ4n) is 2.75. The van der Waals surface area contributed by atoms with Gasteiger partial charge in [-0.05, 0) is 45.4 Å². The number of nitrogens with one attached hydrogen (secondary N) is 2. The molecule has 0 spiro atoms. The van der Waals surface area contributed by atoms with Gasteiger partial charge in [-0.1, -0.05) is 36.4 Å². The topological polar surface area (TPSA) is 76.7 Å². The summed E-state index contributed by atoms with van der Waals surface area (Å²) in [5, 5.41) is 5.68. The summed E-state index contributed by atoms with van der Waals surface area (Å²) >= 11 is 0. The van der Waals surface area contributed by atoms with Crippen molar-refractivity contribution in [1.82, 2.24) is 10.6 Å². The Morgan fingerprint density at radius 1 is 1.04 bits per heavy atom. The van der Waals surface area contributed by atoms with E-state index in [1.807, 2.05) is 37.3 Å². The fourth-order valence-corrected chi connectivity index (χ4v) is 2.75. The summed E-state index contributed by atoms with van der Waals surface area (Å²) in [5.41, 5.74) is 1.52. The Morgan fingerprint density at radius 2 is 1.68 bits per heavy atom. The Balaban J connectivity index is 2.08. The number of para-hydroxylation sites is 1. The minimum absolute atomic E-state index is 0.196. The molecule has 0 saturated heterocycles. The van der Waals surface area contributed by atoms with E-state index in [1.165, 1.54) is 0 Å². The molecule has 6 nitrogen and oxygen atoms in total. The van der Waals surface area contributed by atoms with E-state index in [1.54, 1.807) is 46.1 Å².